The zero-order chi connectivity index (χ0) is 12.1. The summed E-state index contributed by atoms with van der Waals surface area (Å²) in [5.74, 6) is 0.202. The zero-order valence-electron chi connectivity index (χ0n) is 10.8. The van der Waals surface area contributed by atoms with Gasteiger partial charge in [0.2, 0.25) is 5.91 Å². The predicted octanol–water partition coefficient (Wildman–Crippen LogP) is 3.82. The molecule has 0 saturated heterocycles. The lowest BCUT2D eigenvalue weighted by Gasteiger charge is -2.02. The van der Waals surface area contributed by atoms with Gasteiger partial charge in [-0.1, -0.05) is 38.2 Å². The Balaban J connectivity index is 3.03. The van der Waals surface area contributed by atoms with Gasteiger partial charge in [-0.05, 0) is 26.2 Å². The van der Waals surface area contributed by atoms with E-state index in [0.717, 1.165) is 19.4 Å². The number of allylic oxidation sites excluding steroid dienone is 1. The van der Waals surface area contributed by atoms with Crippen molar-refractivity contribution in [3.05, 3.63) is 12.7 Å². The highest BCUT2D eigenvalue weighted by Crippen LogP contribution is 2.09. The lowest BCUT2D eigenvalue weighted by molar-refractivity contribution is -0.121. The summed E-state index contributed by atoms with van der Waals surface area (Å²) >= 11 is 0. The van der Waals surface area contributed by atoms with E-state index in [0.29, 0.717) is 6.42 Å². The fraction of sp³-hybridized carbons (Fsp3) is 0.786. The van der Waals surface area contributed by atoms with E-state index in [1.54, 1.807) is 0 Å². The number of nitrogens with one attached hydrogen (secondary N) is 1. The molecule has 0 aromatic heterocycles. The van der Waals surface area contributed by atoms with Crippen LogP contribution in [0.2, 0.25) is 0 Å². The number of amides is 1. The maximum atomic E-state index is 11.1. The van der Waals surface area contributed by atoms with E-state index in [2.05, 4.69) is 11.9 Å². The Morgan fingerprint density at radius 2 is 1.62 bits per heavy atom. The molecule has 16 heavy (non-hydrogen) atoms. The van der Waals surface area contributed by atoms with Gasteiger partial charge in [-0.2, -0.15) is 0 Å². The van der Waals surface area contributed by atoms with Crippen molar-refractivity contribution in [2.75, 3.05) is 6.54 Å². The minimum Gasteiger partial charge on any atom is -0.356 e. The van der Waals surface area contributed by atoms with Crippen molar-refractivity contribution in [2.24, 2.45) is 0 Å². The molecule has 0 atom stereocenters. The van der Waals surface area contributed by atoms with Gasteiger partial charge in [-0.25, -0.2) is 0 Å². The van der Waals surface area contributed by atoms with Crippen molar-refractivity contribution in [2.45, 2.75) is 64.7 Å². The van der Waals surface area contributed by atoms with Crippen LogP contribution in [0.15, 0.2) is 12.7 Å². The minimum absolute atomic E-state index is 0.202. The summed E-state index contributed by atoms with van der Waals surface area (Å²) in [7, 11) is 0. The molecule has 0 aliphatic heterocycles. The van der Waals surface area contributed by atoms with Crippen LogP contribution in [0.3, 0.4) is 0 Å². The first-order valence-corrected chi connectivity index (χ1v) is 6.68. The van der Waals surface area contributed by atoms with Gasteiger partial charge in [0.1, 0.15) is 0 Å². The summed E-state index contributed by atoms with van der Waals surface area (Å²) in [4.78, 5) is 11.1. The second-order valence-electron chi connectivity index (χ2n) is 4.26. The van der Waals surface area contributed by atoms with Crippen LogP contribution in [0.5, 0.6) is 0 Å². The Hall–Kier alpha value is -0.790. The van der Waals surface area contributed by atoms with Gasteiger partial charge in [0.25, 0.3) is 0 Å². The third-order valence-electron chi connectivity index (χ3n) is 2.69. The monoisotopic (exact) mass is 225 g/mol. The van der Waals surface area contributed by atoms with Crippen molar-refractivity contribution in [3.63, 3.8) is 0 Å². The fourth-order valence-electron chi connectivity index (χ4n) is 1.74. The molecule has 94 valence electrons. The minimum atomic E-state index is 0.202. The fourth-order valence-corrected chi connectivity index (χ4v) is 1.74. The molecule has 0 aromatic carbocycles. The van der Waals surface area contributed by atoms with Crippen LogP contribution in [0, 0.1) is 0 Å². The third kappa shape index (κ3) is 11.3. The molecule has 0 rings (SSSR count). The van der Waals surface area contributed by atoms with Crippen LogP contribution >= 0.6 is 0 Å². The summed E-state index contributed by atoms with van der Waals surface area (Å²) in [5, 5.41) is 2.82. The average Bonchev–Trinajstić information content (AvgIpc) is 2.27. The smallest absolute Gasteiger partial charge is 0.219 e. The van der Waals surface area contributed by atoms with Crippen LogP contribution in [0.25, 0.3) is 0 Å². The van der Waals surface area contributed by atoms with Gasteiger partial charge in [0, 0.05) is 13.0 Å². The van der Waals surface area contributed by atoms with E-state index in [4.69, 9.17) is 0 Å². The first kappa shape index (κ1) is 15.2. The Kier molecular flexibility index (Phi) is 11.7. The van der Waals surface area contributed by atoms with Gasteiger partial charge < -0.3 is 5.32 Å². The second-order valence-corrected chi connectivity index (χ2v) is 4.26. The van der Waals surface area contributed by atoms with E-state index in [9.17, 15) is 4.79 Å². The molecule has 2 nitrogen and oxygen atoms in total. The molecule has 1 amide bonds. The zero-order valence-corrected chi connectivity index (χ0v) is 10.8. The van der Waals surface area contributed by atoms with Crippen molar-refractivity contribution in [1.29, 1.82) is 0 Å². The second kappa shape index (κ2) is 12.3. The summed E-state index contributed by atoms with van der Waals surface area (Å²) < 4.78 is 0. The van der Waals surface area contributed by atoms with Crippen LogP contribution in [0.1, 0.15) is 64.7 Å². The molecule has 0 radical (unpaired) electrons. The molecule has 2 heteroatoms. The largest absolute Gasteiger partial charge is 0.356 e. The van der Waals surface area contributed by atoms with Crippen LogP contribution in [-0.4, -0.2) is 12.5 Å². The highest BCUT2D eigenvalue weighted by Gasteiger charge is 1.98. The molecule has 0 heterocycles. The van der Waals surface area contributed by atoms with Gasteiger partial charge in [-0.3, -0.25) is 4.79 Å². The van der Waals surface area contributed by atoms with E-state index in [1.807, 2.05) is 13.0 Å². The molecule has 0 spiro atoms. The maximum absolute atomic E-state index is 11.1. The number of unbranched alkanes of at least 4 members (excludes halogenated alkanes) is 7. The lowest BCUT2D eigenvalue weighted by Crippen LogP contribution is -2.21. The Bertz CT molecular complexity index is 178. The number of hydrogen-bond donors (Lipinski definition) is 1. The van der Waals surface area contributed by atoms with Crippen molar-refractivity contribution < 1.29 is 4.79 Å². The number of carbonyl (C=O) groups excluding carboxylic acids is 1. The van der Waals surface area contributed by atoms with Crippen LogP contribution in [-0.2, 0) is 4.79 Å². The Labute approximate surface area is 101 Å². The lowest BCUT2D eigenvalue weighted by atomic mass is 10.1. The number of rotatable bonds is 11. The molecule has 0 aliphatic carbocycles. The Morgan fingerprint density at radius 3 is 2.19 bits per heavy atom. The quantitative estimate of drug-likeness (QED) is 0.420. The highest BCUT2D eigenvalue weighted by molar-refractivity contribution is 5.75. The molecule has 1 N–H and O–H groups in total. The Morgan fingerprint density at radius 1 is 1.06 bits per heavy atom. The maximum Gasteiger partial charge on any atom is 0.219 e. The van der Waals surface area contributed by atoms with E-state index in [-0.39, 0.29) is 5.91 Å². The van der Waals surface area contributed by atoms with E-state index < -0.39 is 0 Å². The van der Waals surface area contributed by atoms with E-state index in [1.165, 1.54) is 38.5 Å². The van der Waals surface area contributed by atoms with Gasteiger partial charge >= 0.3 is 0 Å². The summed E-state index contributed by atoms with van der Waals surface area (Å²) in [6, 6.07) is 0. The third-order valence-corrected chi connectivity index (χ3v) is 2.69. The topological polar surface area (TPSA) is 29.1 Å². The SMILES string of the molecule is C=CCCCCCCCCCC(=O)NCC. The van der Waals surface area contributed by atoms with Gasteiger partial charge in [0.05, 0.1) is 0 Å². The van der Waals surface area contributed by atoms with Crippen molar-refractivity contribution >= 4 is 5.91 Å². The van der Waals surface area contributed by atoms with Gasteiger partial charge in [-0.15, -0.1) is 6.58 Å². The number of hydrogen-bond acceptors (Lipinski definition) is 1. The summed E-state index contributed by atoms with van der Waals surface area (Å²) in [5.41, 5.74) is 0. The first-order valence-electron chi connectivity index (χ1n) is 6.68. The molecule has 0 fully saturated rings. The molecule has 0 aromatic rings. The molecular weight excluding hydrogens is 198 g/mol. The van der Waals surface area contributed by atoms with Crippen LogP contribution in [0.4, 0.5) is 0 Å². The molecule has 0 aliphatic rings. The summed E-state index contributed by atoms with van der Waals surface area (Å²) in [6.07, 6.45) is 12.6. The highest BCUT2D eigenvalue weighted by atomic mass is 16.1. The molecule has 0 bridgehead atoms. The van der Waals surface area contributed by atoms with Crippen molar-refractivity contribution in [3.8, 4) is 0 Å². The van der Waals surface area contributed by atoms with E-state index >= 15 is 0 Å². The first-order chi connectivity index (χ1) is 7.81. The number of carbonyl (C=O) groups is 1. The van der Waals surface area contributed by atoms with Crippen LogP contribution < -0.4 is 5.32 Å². The molecular formula is C14H27NO. The van der Waals surface area contributed by atoms with Gasteiger partial charge in [0.15, 0.2) is 0 Å². The average molecular weight is 225 g/mol. The summed E-state index contributed by atoms with van der Waals surface area (Å²) in [6.45, 7) is 6.42. The molecule has 0 saturated carbocycles. The molecule has 0 unspecified atom stereocenters. The predicted molar refractivity (Wildman–Crippen MR) is 70.4 cm³/mol. The van der Waals surface area contributed by atoms with Crippen molar-refractivity contribution in [1.82, 2.24) is 5.32 Å². The standard InChI is InChI=1S/C14H27NO/c1-3-5-6-7-8-9-10-11-12-13-14(16)15-4-2/h3H,1,4-13H2,2H3,(H,15,16). The normalized spacial score (nSPS) is 10.1.